The van der Waals surface area contributed by atoms with Gasteiger partial charge in [-0.3, -0.25) is 4.79 Å². The Hall–Kier alpha value is -2.62. The molecule has 2 aromatic rings. The van der Waals surface area contributed by atoms with Gasteiger partial charge >= 0.3 is 0 Å². The lowest BCUT2D eigenvalue weighted by Gasteiger charge is -2.37. The number of fused-ring (bicyclic) bond motifs is 1. The molecule has 0 fully saturated rings. The van der Waals surface area contributed by atoms with Crippen molar-refractivity contribution in [3.63, 3.8) is 0 Å². The molecular weight excluding hydrogens is 298 g/mol. The molecule has 0 radical (unpaired) electrons. The Bertz CT molecular complexity index is 714. The third-order valence-electron chi connectivity index (χ3n) is 4.47. The molecule has 4 nitrogen and oxygen atoms in total. The molecule has 4 heteroatoms. The van der Waals surface area contributed by atoms with E-state index in [1.54, 1.807) is 6.20 Å². The van der Waals surface area contributed by atoms with Crippen LogP contribution in [0.25, 0.3) is 0 Å². The summed E-state index contributed by atoms with van der Waals surface area (Å²) in [7, 11) is 0. The number of hydrogen-bond acceptors (Lipinski definition) is 3. The molecule has 0 aliphatic carbocycles. The molecule has 0 unspecified atom stereocenters. The number of carbonyl (C=O) groups is 1. The van der Waals surface area contributed by atoms with Gasteiger partial charge in [0.1, 0.15) is 0 Å². The van der Waals surface area contributed by atoms with Crippen LogP contribution >= 0.6 is 0 Å². The number of benzene rings is 1. The van der Waals surface area contributed by atoms with E-state index < -0.39 is 0 Å². The molecule has 1 aromatic carbocycles. The third kappa shape index (κ3) is 3.04. The molecule has 1 atom stereocenters. The summed E-state index contributed by atoms with van der Waals surface area (Å²) < 4.78 is 0. The summed E-state index contributed by atoms with van der Waals surface area (Å²) in [6.07, 6.45) is 4.43. The van der Waals surface area contributed by atoms with Crippen molar-refractivity contribution in [2.75, 3.05) is 29.4 Å². The van der Waals surface area contributed by atoms with Gasteiger partial charge in [0.2, 0.25) is 5.91 Å². The molecule has 24 heavy (non-hydrogen) atoms. The molecule has 0 N–H and O–H groups in total. The van der Waals surface area contributed by atoms with Crippen LogP contribution in [0.15, 0.2) is 61.3 Å². The van der Waals surface area contributed by atoms with Crippen molar-refractivity contribution in [1.82, 2.24) is 4.98 Å². The Morgan fingerprint density at radius 1 is 1.25 bits per heavy atom. The summed E-state index contributed by atoms with van der Waals surface area (Å²) in [5.41, 5.74) is 1.97. The number of nitrogens with zero attached hydrogens (tertiary/aromatic N) is 3. The molecule has 124 valence electrons. The molecule has 1 aliphatic heterocycles. The molecule has 1 aliphatic rings. The Morgan fingerprint density at radius 3 is 2.75 bits per heavy atom. The average Bonchev–Trinajstić information content (AvgIpc) is 2.63. The smallest absolute Gasteiger partial charge is 0.234 e. The maximum atomic E-state index is 13.2. The summed E-state index contributed by atoms with van der Waals surface area (Å²) in [4.78, 5) is 21.8. The summed E-state index contributed by atoms with van der Waals surface area (Å²) in [6.45, 7) is 8.06. The normalized spacial score (nSPS) is 14.9. The van der Waals surface area contributed by atoms with Gasteiger partial charge in [-0.2, -0.15) is 0 Å². The first-order chi connectivity index (χ1) is 11.8. The van der Waals surface area contributed by atoms with Crippen LogP contribution in [0, 0.1) is 0 Å². The van der Waals surface area contributed by atoms with Gasteiger partial charge in [-0.1, -0.05) is 43.3 Å². The minimum atomic E-state index is -0.120. The summed E-state index contributed by atoms with van der Waals surface area (Å²) in [5.74, 6) is 0.890. The van der Waals surface area contributed by atoms with Crippen LogP contribution in [0.3, 0.4) is 0 Å². The first-order valence-electron chi connectivity index (χ1n) is 8.43. The fraction of sp³-hybridized carbons (Fsp3) is 0.300. The predicted octanol–water partition coefficient (Wildman–Crippen LogP) is 3.61. The Morgan fingerprint density at radius 2 is 2.04 bits per heavy atom. The minimum absolute atomic E-state index is 0.120. The summed E-state index contributed by atoms with van der Waals surface area (Å²) >= 11 is 0. The number of amides is 1. The van der Waals surface area contributed by atoms with Crippen molar-refractivity contribution in [2.45, 2.75) is 19.3 Å². The van der Waals surface area contributed by atoms with E-state index >= 15 is 0 Å². The monoisotopic (exact) mass is 321 g/mol. The molecule has 0 bridgehead atoms. The van der Waals surface area contributed by atoms with Crippen molar-refractivity contribution in [3.8, 4) is 0 Å². The lowest BCUT2D eigenvalue weighted by Crippen LogP contribution is -2.46. The van der Waals surface area contributed by atoms with Crippen LogP contribution in [0.4, 0.5) is 11.5 Å². The molecule has 0 saturated carbocycles. The van der Waals surface area contributed by atoms with Gasteiger partial charge in [0.15, 0.2) is 5.82 Å². The van der Waals surface area contributed by atoms with Crippen LogP contribution in [-0.2, 0) is 4.79 Å². The Labute approximate surface area is 143 Å². The number of anilines is 2. The zero-order valence-corrected chi connectivity index (χ0v) is 14.1. The largest absolute Gasteiger partial charge is 0.349 e. The molecule has 1 amide bonds. The highest BCUT2D eigenvalue weighted by Gasteiger charge is 2.31. The van der Waals surface area contributed by atoms with Crippen LogP contribution in [0.1, 0.15) is 24.8 Å². The van der Waals surface area contributed by atoms with Gasteiger partial charge < -0.3 is 9.80 Å². The van der Waals surface area contributed by atoms with Crippen molar-refractivity contribution < 1.29 is 4.79 Å². The van der Waals surface area contributed by atoms with Crippen molar-refractivity contribution in [1.29, 1.82) is 0 Å². The SMILES string of the molecule is C=CCN1CCN(C(=O)[C@@H](CC)c2ccccc2)c2cccnc21. The summed E-state index contributed by atoms with van der Waals surface area (Å²) in [6, 6.07) is 13.9. The summed E-state index contributed by atoms with van der Waals surface area (Å²) in [5, 5.41) is 0. The first-order valence-corrected chi connectivity index (χ1v) is 8.43. The van der Waals surface area contributed by atoms with Gasteiger partial charge in [-0.25, -0.2) is 4.98 Å². The Balaban J connectivity index is 1.92. The van der Waals surface area contributed by atoms with E-state index in [2.05, 4.69) is 23.4 Å². The first kappa shape index (κ1) is 16.2. The molecule has 2 heterocycles. The maximum Gasteiger partial charge on any atom is 0.234 e. The molecule has 1 aromatic heterocycles. The molecule has 3 rings (SSSR count). The van der Waals surface area contributed by atoms with Gasteiger partial charge in [0.05, 0.1) is 11.6 Å². The predicted molar refractivity (Wildman–Crippen MR) is 98.5 cm³/mol. The quantitative estimate of drug-likeness (QED) is 0.789. The Kier molecular flexibility index (Phi) is 4.94. The number of pyridine rings is 1. The number of carbonyl (C=O) groups excluding carboxylic acids is 1. The van der Waals surface area contributed by atoms with E-state index in [1.165, 1.54) is 0 Å². The zero-order valence-electron chi connectivity index (χ0n) is 14.1. The lowest BCUT2D eigenvalue weighted by atomic mass is 9.94. The van der Waals surface area contributed by atoms with Crippen LogP contribution < -0.4 is 9.80 Å². The maximum absolute atomic E-state index is 13.2. The third-order valence-corrected chi connectivity index (χ3v) is 4.47. The number of hydrogen-bond donors (Lipinski definition) is 0. The fourth-order valence-corrected chi connectivity index (χ4v) is 3.28. The topological polar surface area (TPSA) is 36.4 Å². The highest BCUT2D eigenvalue weighted by molar-refractivity contribution is 6.01. The van der Waals surface area contributed by atoms with Crippen LogP contribution in [-0.4, -0.2) is 30.5 Å². The van der Waals surface area contributed by atoms with Crippen molar-refractivity contribution in [3.05, 3.63) is 66.9 Å². The van der Waals surface area contributed by atoms with Gasteiger partial charge in [0.25, 0.3) is 0 Å². The van der Waals surface area contributed by atoms with Crippen LogP contribution in [0.5, 0.6) is 0 Å². The van der Waals surface area contributed by atoms with E-state index in [0.29, 0.717) is 6.54 Å². The van der Waals surface area contributed by atoms with Gasteiger partial charge in [-0.15, -0.1) is 6.58 Å². The number of rotatable bonds is 5. The standard InChI is InChI=1S/C20H23N3O/c1-3-13-22-14-15-23(18-11-8-12-21-19(18)22)20(24)17(4-2)16-9-6-5-7-10-16/h3,5-12,17H,1,4,13-15H2,2H3/t17-/m0/s1. The second-order valence-corrected chi connectivity index (χ2v) is 5.94. The van der Waals surface area contributed by atoms with Crippen LogP contribution in [0.2, 0.25) is 0 Å². The average molecular weight is 321 g/mol. The fourth-order valence-electron chi connectivity index (χ4n) is 3.28. The lowest BCUT2D eigenvalue weighted by molar-refractivity contribution is -0.120. The van der Waals surface area contributed by atoms with Crippen molar-refractivity contribution in [2.24, 2.45) is 0 Å². The zero-order chi connectivity index (χ0) is 16.9. The highest BCUT2D eigenvalue weighted by atomic mass is 16.2. The molecular formula is C20H23N3O. The van der Waals surface area contributed by atoms with E-state index in [-0.39, 0.29) is 11.8 Å². The van der Waals surface area contributed by atoms with Crippen molar-refractivity contribution >= 4 is 17.4 Å². The van der Waals surface area contributed by atoms with E-state index in [1.807, 2.05) is 53.4 Å². The second-order valence-electron chi connectivity index (χ2n) is 5.94. The van der Waals surface area contributed by atoms with E-state index in [4.69, 9.17) is 0 Å². The molecule has 0 saturated heterocycles. The second kappa shape index (κ2) is 7.30. The van der Waals surface area contributed by atoms with E-state index in [9.17, 15) is 4.79 Å². The minimum Gasteiger partial charge on any atom is -0.349 e. The van der Waals surface area contributed by atoms with Gasteiger partial charge in [0, 0.05) is 25.8 Å². The number of aromatic nitrogens is 1. The van der Waals surface area contributed by atoms with Gasteiger partial charge in [-0.05, 0) is 24.1 Å². The molecule has 0 spiro atoms. The highest BCUT2D eigenvalue weighted by Crippen LogP contribution is 2.33. The van der Waals surface area contributed by atoms with E-state index in [0.717, 1.165) is 36.6 Å².